The summed E-state index contributed by atoms with van der Waals surface area (Å²) in [6, 6.07) is 11.7. The number of carboxylic acids is 1. The van der Waals surface area contributed by atoms with Crippen LogP contribution in [-0.2, 0) is 0 Å². The lowest BCUT2D eigenvalue weighted by molar-refractivity contribution is 0.0698. The van der Waals surface area contributed by atoms with Crippen LogP contribution in [0.15, 0.2) is 36.4 Å². The molecule has 1 heterocycles. The van der Waals surface area contributed by atoms with Gasteiger partial charge < -0.3 is 15.2 Å². The van der Waals surface area contributed by atoms with Crippen LogP contribution in [0, 0.1) is 18.3 Å². The Bertz CT molecular complexity index is 1080. The summed E-state index contributed by atoms with van der Waals surface area (Å²) in [5.41, 5.74) is 0.385. The van der Waals surface area contributed by atoms with Crippen LogP contribution in [0.5, 0.6) is 5.75 Å². The predicted octanol–water partition coefficient (Wildman–Crippen LogP) is 4.04. The number of thiophene rings is 1. The maximum atomic E-state index is 12.6. The Morgan fingerprint density at radius 1 is 1.23 bits per heavy atom. The number of amides is 1. The highest BCUT2D eigenvalue weighted by atomic mass is 32.1. The number of nitrogens with zero attached hydrogens (tertiary/aromatic N) is 1. The van der Waals surface area contributed by atoms with Gasteiger partial charge >= 0.3 is 5.97 Å². The van der Waals surface area contributed by atoms with Gasteiger partial charge in [0.2, 0.25) is 0 Å². The van der Waals surface area contributed by atoms with E-state index in [9.17, 15) is 14.7 Å². The molecule has 1 amide bonds. The summed E-state index contributed by atoms with van der Waals surface area (Å²) < 4.78 is 6.17. The molecule has 0 aliphatic rings. The molecule has 0 bridgehead atoms. The quantitative estimate of drug-likeness (QED) is 0.726. The van der Waals surface area contributed by atoms with Crippen LogP contribution in [-0.4, -0.2) is 24.1 Å². The highest BCUT2D eigenvalue weighted by Gasteiger charge is 2.18. The van der Waals surface area contributed by atoms with Crippen LogP contribution in [0.1, 0.15) is 31.2 Å². The molecule has 0 aliphatic carbocycles. The van der Waals surface area contributed by atoms with Gasteiger partial charge in [0.15, 0.2) is 0 Å². The van der Waals surface area contributed by atoms with Crippen molar-refractivity contribution in [3.05, 3.63) is 58.0 Å². The number of nitrogens with one attached hydrogen (secondary N) is 1. The molecule has 2 N–H and O–H groups in total. The summed E-state index contributed by atoms with van der Waals surface area (Å²) in [5, 5.41) is 22.0. The molecular formula is C19H14N2O4S. The summed E-state index contributed by atoms with van der Waals surface area (Å²) in [7, 11) is 1.37. The first-order chi connectivity index (χ1) is 12.4. The van der Waals surface area contributed by atoms with E-state index in [1.54, 1.807) is 23.5 Å². The summed E-state index contributed by atoms with van der Waals surface area (Å²) in [4.78, 5) is 25.2. The van der Waals surface area contributed by atoms with Gasteiger partial charge in [0, 0.05) is 21.2 Å². The number of aromatic carboxylic acids is 1. The van der Waals surface area contributed by atoms with Crippen molar-refractivity contribution < 1.29 is 19.4 Å². The second kappa shape index (κ2) is 6.86. The monoisotopic (exact) mass is 366 g/mol. The van der Waals surface area contributed by atoms with Gasteiger partial charge in [-0.2, -0.15) is 5.26 Å². The number of carbonyl (C=O) groups is 2. The molecule has 0 radical (unpaired) electrons. The lowest BCUT2D eigenvalue weighted by Gasteiger charge is -2.12. The number of carbonyl (C=O) groups excluding carboxylic acids is 1. The molecule has 6 nitrogen and oxygen atoms in total. The maximum absolute atomic E-state index is 12.6. The number of benzene rings is 2. The van der Waals surface area contributed by atoms with Crippen LogP contribution < -0.4 is 10.1 Å². The first kappa shape index (κ1) is 17.5. The van der Waals surface area contributed by atoms with Crippen LogP contribution in [0.25, 0.3) is 10.1 Å². The number of hydrogen-bond acceptors (Lipinski definition) is 5. The van der Waals surface area contributed by atoms with Crippen molar-refractivity contribution in [2.24, 2.45) is 0 Å². The molecule has 0 saturated heterocycles. The zero-order valence-electron chi connectivity index (χ0n) is 14.0. The molecule has 3 aromatic rings. The minimum absolute atomic E-state index is 0.0694. The predicted molar refractivity (Wildman–Crippen MR) is 99.2 cm³/mol. The minimum atomic E-state index is -1.25. The number of anilines is 1. The van der Waals surface area contributed by atoms with Crippen LogP contribution in [0.4, 0.5) is 5.69 Å². The topological polar surface area (TPSA) is 99.4 Å². The van der Waals surface area contributed by atoms with Crippen LogP contribution >= 0.6 is 11.3 Å². The third-order valence-corrected chi connectivity index (χ3v) is 4.87. The largest absolute Gasteiger partial charge is 0.495 e. The number of hydrogen-bond donors (Lipinski definition) is 2. The van der Waals surface area contributed by atoms with E-state index in [0.29, 0.717) is 5.56 Å². The number of carboxylic acid groups (broad SMARTS) is 1. The van der Waals surface area contributed by atoms with E-state index >= 15 is 0 Å². The Balaban J connectivity index is 1.99. The zero-order chi connectivity index (χ0) is 18.8. The van der Waals surface area contributed by atoms with Crippen molar-refractivity contribution >= 4 is 39.0 Å². The Kier molecular flexibility index (Phi) is 4.61. The molecule has 0 unspecified atom stereocenters. The average molecular weight is 366 g/mol. The van der Waals surface area contributed by atoms with Gasteiger partial charge in [0.05, 0.1) is 23.9 Å². The SMILES string of the molecule is COc1cc(NC(=O)c2ccc3sc(C)cc3c2)c(C(=O)O)cc1C#N. The number of rotatable bonds is 4. The first-order valence-electron chi connectivity index (χ1n) is 7.60. The summed E-state index contributed by atoms with van der Waals surface area (Å²) in [5.74, 6) is -1.50. The Morgan fingerprint density at radius 3 is 2.65 bits per heavy atom. The van der Waals surface area contributed by atoms with Gasteiger partial charge in [-0.1, -0.05) is 0 Å². The average Bonchev–Trinajstić information content (AvgIpc) is 2.99. The third kappa shape index (κ3) is 3.23. The summed E-state index contributed by atoms with van der Waals surface area (Å²) >= 11 is 1.64. The molecule has 0 spiro atoms. The van der Waals surface area contributed by atoms with E-state index in [-0.39, 0.29) is 22.6 Å². The van der Waals surface area contributed by atoms with E-state index in [0.717, 1.165) is 15.0 Å². The Hall–Kier alpha value is -3.37. The van der Waals surface area contributed by atoms with Crippen molar-refractivity contribution in [2.45, 2.75) is 6.92 Å². The standard InChI is InChI=1S/C19H14N2O4S/c1-10-5-12-6-11(3-4-17(12)26-10)18(22)21-15-8-16(25-2)13(9-20)7-14(15)19(23)24/h3-8H,1-2H3,(H,21,22)(H,23,24). The molecule has 3 rings (SSSR count). The second-order valence-corrected chi connectivity index (χ2v) is 6.87. The van der Waals surface area contributed by atoms with Gasteiger partial charge in [-0.25, -0.2) is 4.79 Å². The van der Waals surface area contributed by atoms with Crippen molar-refractivity contribution in [3.63, 3.8) is 0 Å². The van der Waals surface area contributed by atoms with Crippen molar-refractivity contribution in [1.82, 2.24) is 0 Å². The van der Waals surface area contributed by atoms with Crippen molar-refractivity contribution in [3.8, 4) is 11.8 Å². The summed E-state index contributed by atoms with van der Waals surface area (Å²) in [6.07, 6.45) is 0. The van der Waals surface area contributed by atoms with E-state index in [4.69, 9.17) is 10.00 Å². The van der Waals surface area contributed by atoms with Crippen molar-refractivity contribution in [2.75, 3.05) is 12.4 Å². The summed E-state index contributed by atoms with van der Waals surface area (Å²) in [6.45, 7) is 1.99. The highest BCUT2D eigenvalue weighted by Crippen LogP contribution is 2.29. The number of methoxy groups -OCH3 is 1. The maximum Gasteiger partial charge on any atom is 0.337 e. The number of ether oxygens (including phenoxy) is 1. The fraction of sp³-hybridized carbons (Fsp3) is 0.105. The molecule has 0 atom stereocenters. The third-order valence-electron chi connectivity index (χ3n) is 3.84. The number of nitriles is 1. The van der Waals surface area contributed by atoms with E-state index in [1.165, 1.54) is 19.2 Å². The molecule has 26 heavy (non-hydrogen) atoms. The minimum Gasteiger partial charge on any atom is -0.495 e. The van der Waals surface area contributed by atoms with Gasteiger partial charge in [0.25, 0.3) is 5.91 Å². The van der Waals surface area contributed by atoms with Crippen LogP contribution in [0.2, 0.25) is 0 Å². The van der Waals surface area contributed by atoms with Crippen LogP contribution in [0.3, 0.4) is 0 Å². The molecule has 0 aliphatic heterocycles. The molecule has 0 saturated carbocycles. The van der Waals surface area contributed by atoms with Gasteiger partial charge in [-0.15, -0.1) is 11.3 Å². The number of aryl methyl sites for hydroxylation is 1. The molecule has 2 aromatic carbocycles. The van der Waals surface area contributed by atoms with E-state index in [1.807, 2.05) is 25.1 Å². The van der Waals surface area contributed by atoms with E-state index in [2.05, 4.69) is 5.32 Å². The molecule has 0 fully saturated rings. The van der Waals surface area contributed by atoms with Gasteiger partial charge in [0.1, 0.15) is 11.8 Å². The highest BCUT2D eigenvalue weighted by molar-refractivity contribution is 7.19. The molecule has 1 aromatic heterocycles. The molecule has 130 valence electrons. The fourth-order valence-corrected chi connectivity index (χ4v) is 3.53. The first-order valence-corrected chi connectivity index (χ1v) is 8.41. The fourth-order valence-electron chi connectivity index (χ4n) is 2.63. The smallest absolute Gasteiger partial charge is 0.337 e. The zero-order valence-corrected chi connectivity index (χ0v) is 14.8. The normalized spacial score (nSPS) is 10.3. The Morgan fingerprint density at radius 2 is 2.00 bits per heavy atom. The van der Waals surface area contributed by atoms with Gasteiger partial charge in [-0.05, 0) is 42.6 Å². The lowest BCUT2D eigenvalue weighted by Crippen LogP contribution is -2.15. The van der Waals surface area contributed by atoms with Gasteiger partial charge in [-0.3, -0.25) is 4.79 Å². The van der Waals surface area contributed by atoms with Crippen molar-refractivity contribution in [1.29, 1.82) is 5.26 Å². The second-order valence-electron chi connectivity index (χ2n) is 5.58. The van der Waals surface area contributed by atoms with E-state index < -0.39 is 11.9 Å². The Labute approximate surface area is 153 Å². The molecular weight excluding hydrogens is 352 g/mol. The molecule has 7 heteroatoms. The lowest BCUT2D eigenvalue weighted by atomic mass is 10.1. The number of fused-ring (bicyclic) bond motifs is 1.